The van der Waals surface area contributed by atoms with Crippen LogP contribution in [0.25, 0.3) is 0 Å². The Labute approximate surface area is 121 Å². The molecule has 0 aliphatic heterocycles. The molecule has 0 spiro atoms. The third kappa shape index (κ3) is 2.33. The average Bonchev–Trinajstić information content (AvgIpc) is 2.46. The van der Waals surface area contributed by atoms with E-state index in [-0.39, 0.29) is 17.7 Å². The number of nitrogens with zero attached hydrogens (tertiary/aromatic N) is 3. The number of halogens is 1. The topological polar surface area (TPSA) is 84.4 Å². The molecule has 3 N–H and O–H groups in total. The Morgan fingerprint density at radius 2 is 2.05 bits per heavy atom. The molecule has 21 heavy (non-hydrogen) atoms. The zero-order valence-electron chi connectivity index (χ0n) is 11.5. The van der Waals surface area contributed by atoms with Crippen LogP contribution in [-0.2, 0) is 6.42 Å². The standard InChI is InChI=1S/C15H15FN4O/c1-8-14-12(19-15(17)18-8)6-9(7-13(14)20-21)10-4-2-3-5-11(10)16/h2-5,9,21H,6-7H2,1H3,(H2,17,18,19)/b20-13-. The van der Waals surface area contributed by atoms with Crippen molar-refractivity contribution >= 4 is 11.7 Å². The minimum Gasteiger partial charge on any atom is -0.411 e. The van der Waals surface area contributed by atoms with Crippen molar-refractivity contribution in [3.05, 3.63) is 52.6 Å². The van der Waals surface area contributed by atoms with E-state index in [0.717, 1.165) is 5.56 Å². The molecule has 1 aromatic carbocycles. The van der Waals surface area contributed by atoms with Gasteiger partial charge in [-0.05, 0) is 30.9 Å². The average molecular weight is 286 g/mol. The number of fused-ring (bicyclic) bond motifs is 1. The molecule has 108 valence electrons. The Hall–Kier alpha value is -2.50. The van der Waals surface area contributed by atoms with Gasteiger partial charge in [-0.2, -0.15) is 0 Å². The van der Waals surface area contributed by atoms with Crippen LogP contribution in [0, 0.1) is 12.7 Å². The van der Waals surface area contributed by atoms with E-state index < -0.39 is 0 Å². The number of rotatable bonds is 1. The molecule has 0 amide bonds. The molecule has 3 rings (SSSR count). The minimum absolute atomic E-state index is 0.127. The summed E-state index contributed by atoms with van der Waals surface area (Å²) >= 11 is 0. The van der Waals surface area contributed by atoms with Crippen LogP contribution < -0.4 is 5.73 Å². The van der Waals surface area contributed by atoms with Crippen LogP contribution in [0.2, 0.25) is 0 Å². The van der Waals surface area contributed by atoms with Crippen molar-refractivity contribution in [2.24, 2.45) is 5.16 Å². The van der Waals surface area contributed by atoms with Crippen LogP contribution in [0.4, 0.5) is 10.3 Å². The second-order valence-electron chi connectivity index (χ2n) is 5.16. The van der Waals surface area contributed by atoms with Crippen molar-refractivity contribution < 1.29 is 9.60 Å². The summed E-state index contributed by atoms with van der Waals surface area (Å²) in [5, 5.41) is 12.6. The van der Waals surface area contributed by atoms with E-state index >= 15 is 0 Å². The first kappa shape index (κ1) is 13.5. The molecule has 1 aromatic heterocycles. The van der Waals surface area contributed by atoms with E-state index in [2.05, 4.69) is 15.1 Å². The van der Waals surface area contributed by atoms with E-state index in [9.17, 15) is 9.60 Å². The maximum Gasteiger partial charge on any atom is 0.220 e. The van der Waals surface area contributed by atoms with Gasteiger partial charge in [0.25, 0.3) is 0 Å². The van der Waals surface area contributed by atoms with Gasteiger partial charge in [-0.1, -0.05) is 23.4 Å². The Kier molecular flexibility index (Phi) is 3.29. The highest BCUT2D eigenvalue weighted by Gasteiger charge is 2.30. The van der Waals surface area contributed by atoms with Gasteiger partial charge in [0.05, 0.1) is 17.1 Å². The van der Waals surface area contributed by atoms with E-state index in [1.165, 1.54) is 6.07 Å². The van der Waals surface area contributed by atoms with E-state index in [0.29, 0.717) is 35.5 Å². The molecular weight excluding hydrogens is 271 g/mol. The fourth-order valence-corrected chi connectivity index (χ4v) is 2.94. The summed E-state index contributed by atoms with van der Waals surface area (Å²) in [6.45, 7) is 1.80. The quantitative estimate of drug-likeness (QED) is 0.623. The number of nitrogens with two attached hydrogens (primary N) is 1. The number of anilines is 1. The summed E-state index contributed by atoms with van der Waals surface area (Å²) in [6.07, 6.45) is 0.987. The molecule has 1 heterocycles. The lowest BCUT2D eigenvalue weighted by molar-refractivity contribution is 0.316. The number of benzene rings is 1. The van der Waals surface area contributed by atoms with Gasteiger partial charge in [-0.3, -0.25) is 0 Å². The normalized spacial score (nSPS) is 19.5. The van der Waals surface area contributed by atoms with Gasteiger partial charge < -0.3 is 10.9 Å². The van der Waals surface area contributed by atoms with Crippen molar-refractivity contribution in [1.82, 2.24) is 9.97 Å². The second kappa shape index (κ2) is 5.12. The first-order chi connectivity index (χ1) is 10.1. The molecule has 1 aliphatic rings. The monoisotopic (exact) mass is 286 g/mol. The van der Waals surface area contributed by atoms with Crippen molar-refractivity contribution in [2.75, 3.05) is 5.73 Å². The van der Waals surface area contributed by atoms with Crippen LogP contribution in [0.1, 0.15) is 34.9 Å². The molecule has 1 aliphatic carbocycles. The maximum absolute atomic E-state index is 14.0. The van der Waals surface area contributed by atoms with Crippen molar-refractivity contribution in [3.8, 4) is 0 Å². The summed E-state index contributed by atoms with van der Waals surface area (Å²) in [5.74, 6) is -0.210. The minimum atomic E-state index is -0.262. The molecule has 0 fully saturated rings. The van der Waals surface area contributed by atoms with Crippen LogP contribution >= 0.6 is 0 Å². The van der Waals surface area contributed by atoms with E-state index in [1.54, 1.807) is 25.1 Å². The molecule has 2 aromatic rings. The fourth-order valence-electron chi connectivity index (χ4n) is 2.94. The second-order valence-corrected chi connectivity index (χ2v) is 5.16. The maximum atomic E-state index is 14.0. The molecule has 0 saturated heterocycles. The lowest BCUT2D eigenvalue weighted by atomic mass is 9.80. The molecule has 1 unspecified atom stereocenters. The van der Waals surface area contributed by atoms with Gasteiger partial charge in [-0.15, -0.1) is 0 Å². The summed E-state index contributed by atoms with van der Waals surface area (Å²) in [5.41, 5.74) is 8.86. The number of hydrogen-bond acceptors (Lipinski definition) is 5. The number of nitrogen functional groups attached to an aromatic ring is 1. The lowest BCUT2D eigenvalue weighted by Crippen LogP contribution is -2.24. The molecule has 0 bridgehead atoms. The van der Waals surface area contributed by atoms with Gasteiger partial charge in [0.15, 0.2) is 0 Å². The summed E-state index contributed by atoms with van der Waals surface area (Å²) in [4.78, 5) is 8.33. The molecule has 0 saturated carbocycles. The summed E-state index contributed by atoms with van der Waals surface area (Å²) < 4.78 is 14.0. The van der Waals surface area contributed by atoms with Gasteiger partial charge in [0, 0.05) is 12.0 Å². The van der Waals surface area contributed by atoms with E-state index in [4.69, 9.17) is 5.73 Å². The Morgan fingerprint density at radius 3 is 2.76 bits per heavy atom. The third-order valence-corrected chi connectivity index (χ3v) is 3.82. The molecule has 6 heteroatoms. The van der Waals surface area contributed by atoms with Crippen LogP contribution in [-0.4, -0.2) is 20.9 Å². The Bertz CT molecular complexity index is 730. The lowest BCUT2D eigenvalue weighted by Gasteiger charge is -2.26. The van der Waals surface area contributed by atoms with Gasteiger partial charge in [-0.25, -0.2) is 14.4 Å². The van der Waals surface area contributed by atoms with Crippen molar-refractivity contribution in [1.29, 1.82) is 0 Å². The molecular formula is C15H15FN4O. The summed E-state index contributed by atoms with van der Waals surface area (Å²) in [7, 11) is 0. The van der Waals surface area contributed by atoms with Crippen LogP contribution in [0.15, 0.2) is 29.4 Å². The van der Waals surface area contributed by atoms with Crippen molar-refractivity contribution in [2.45, 2.75) is 25.7 Å². The largest absolute Gasteiger partial charge is 0.411 e. The zero-order valence-corrected chi connectivity index (χ0v) is 11.5. The van der Waals surface area contributed by atoms with Gasteiger partial charge in [0.1, 0.15) is 5.82 Å². The first-order valence-electron chi connectivity index (χ1n) is 6.69. The number of hydrogen-bond donors (Lipinski definition) is 2. The number of oxime groups is 1. The highest BCUT2D eigenvalue weighted by molar-refractivity contribution is 6.03. The predicted octanol–water partition coefficient (Wildman–Crippen LogP) is 2.41. The number of aryl methyl sites for hydroxylation is 1. The van der Waals surface area contributed by atoms with Crippen LogP contribution in [0.5, 0.6) is 0 Å². The zero-order chi connectivity index (χ0) is 15.0. The predicted molar refractivity (Wildman–Crippen MR) is 77.0 cm³/mol. The number of aromatic nitrogens is 2. The Balaban J connectivity index is 2.09. The SMILES string of the molecule is Cc1nc(N)nc2c1/C(=N\O)CC(c1ccccc1F)C2. The van der Waals surface area contributed by atoms with Crippen molar-refractivity contribution in [3.63, 3.8) is 0 Å². The molecule has 5 nitrogen and oxygen atoms in total. The summed E-state index contributed by atoms with van der Waals surface area (Å²) in [6, 6.07) is 6.63. The van der Waals surface area contributed by atoms with Gasteiger partial charge in [0.2, 0.25) is 5.95 Å². The molecule has 1 atom stereocenters. The van der Waals surface area contributed by atoms with Gasteiger partial charge >= 0.3 is 0 Å². The highest BCUT2D eigenvalue weighted by Crippen LogP contribution is 2.34. The van der Waals surface area contributed by atoms with E-state index in [1.807, 2.05) is 0 Å². The first-order valence-corrected chi connectivity index (χ1v) is 6.69. The highest BCUT2D eigenvalue weighted by atomic mass is 19.1. The smallest absolute Gasteiger partial charge is 0.220 e. The third-order valence-electron chi connectivity index (χ3n) is 3.82. The molecule has 0 radical (unpaired) electrons. The fraction of sp³-hybridized carbons (Fsp3) is 0.267. The van der Waals surface area contributed by atoms with Crippen LogP contribution in [0.3, 0.4) is 0 Å². The Morgan fingerprint density at radius 1 is 1.29 bits per heavy atom.